The summed E-state index contributed by atoms with van der Waals surface area (Å²) in [4.78, 5) is 31.1. The van der Waals surface area contributed by atoms with Crippen LogP contribution < -0.4 is 5.73 Å². The summed E-state index contributed by atoms with van der Waals surface area (Å²) in [6, 6.07) is 18.6. The van der Waals surface area contributed by atoms with Crippen molar-refractivity contribution in [3.63, 3.8) is 0 Å². The maximum Gasteiger partial charge on any atom is 0.253 e. The SMILES string of the molecule is NC(=O)c1cc(C2CCN(C(=O)c3ccccc3)C2)nc2ccccc12. The molecule has 2 aromatic carbocycles. The van der Waals surface area contributed by atoms with Crippen molar-refractivity contribution in [2.75, 3.05) is 13.1 Å². The average Bonchev–Trinajstić information content (AvgIpc) is 3.17. The maximum atomic E-state index is 12.6. The Balaban J connectivity index is 1.63. The van der Waals surface area contributed by atoms with Gasteiger partial charge in [-0.3, -0.25) is 14.6 Å². The van der Waals surface area contributed by atoms with Crippen molar-refractivity contribution in [3.05, 3.63) is 77.5 Å². The predicted molar refractivity (Wildman–Crippen MR) is 100.0 cm³/mol. The number of benzene rings is 2. The molecule has 0 aliphatic carbocycles. The first kappa shape index (κ1) is 16.3. The number of fused-ring (bicyclic) bond motifs is 1. The first-order valence-electron chi connectivity index (χ1n) is 8.67. The number of pyridine rings is 1. The van der Waals surface area contributed by atoms with Crippen LogP contribution in [-0.2, 0) is 0 Å². The van der Waals surface area contributed by atoms with Crippen LogP contribution >= 0.6 is 0 Å². The summed E-state index contributed by atoms with van der Waals surface area (Å²) in [5.41, 5.74) is 8.32. The minimum atomic E-state index is -0.458. The zero-order valence-electron chi connectivity index (χ0n) is 14.3. The molecule has 1 unspecified atom stereocenters. The van der Waals surface area contributed by atoms with E-state index in [1.54, 1.807) is 6.07 Å². The average molecular weight is 345 g/mol. The van der Waals surface area contributed by atoms with Crippen molar-refractivity contribution >= 4 is 22.7 Å². The number of nitrogens with zero attached hydrogens (tertiary/aromatic N) is 2. The van der Waals surface area contributed by atoms with Crippen LogP contribution in [0.5, 0.6) is 0 Å². The van der Waals surface area contributed by atoms with Crippen LogP contribution in [0, 0.1) is 0 Å². The molecule has 1 fully saturated rings. The second-order valence-electron chi connectivity index (χ2n) is 6.58. The first-order chi connectivity index (χ1) is 12.6. The van der Waals surface area contributed by atoms with Crippen molar-refractivity contribution in [3.8, 4) is 0 Å². The minimum absolute atomic E-state index is 0.0315. The number of amides is 2. The minimum Gasteiger partial charge on any atom is -0.366 e. The van der Waals surface area contributed by atoms with E-state index in [0.717, 1.165) is 23.0 Å². The Labute approximate surface area is 151 Å². The molecule has 2 heterocycles. The molecule has 5 heteroatoms. The Morgan fingerprint density at radius 2 is 1.77 bits per heavy atom. The molecule has 1 saturated heterocycles. The van der Waals surface area contributed by atoms with Crippen molar-refractivity contribution in [2.45, 2.75) is 12.3 Å². The van der Waals surface area contributed by atoms with E-state index in [0.29, 0.717) is 24.2 Å². The van der Waals surface area contributed by atoms with E-state index in [2.05, 4.69) is 0 Å². The van der Waals surface area contributed by atoms with Gasteiger partial charge in [0.15, 0.2) is 0 Å². The van der Waals surface area contributed by atoms with Crippen LogP contribution in [0.4, 0.5) is 0 Å². The Morgan fingerprint density at radius 3 is 2.54 bits per heavy atom. The molecule has 130 valence electrons. The molecular formula is C21H19N3O2. The van der Waals surface area contributed by atoms with Gasteiger partial charge in [-0.15, -0.1) is 0 Å². The number of likely N-dealkylation sites (tertiary alicyclic amines) is 1. The number of hydrogen-bond donors (Lipinski definition) is 1. The Morgan fingerprint density at radius 1 is 1.04 bits per heavy atom. The lowest BCUT2D eigenvalue weighted by Crippen LogP contribution is -2.28. The summed E-state index contributed by atoms with van der Waals surface area (Å²) in [6.07, 6.45) is 0.822. The summed E-state index contributed by atoms with van der Waals surface area (Å²) >= 11 is 0. The van der Waals surface area contributed by atoms with Crippen LogP contribution in [0.25, 0.3) is 10.9 Å². The highest BCUT2D eigenvalue weighted by Crippen LogP contribution is 2.30. The molecule has 0 radical (unpaired) electrons. The van der Waals surface area contributed by atoms with Crippen molar-refractivity contribution < 1.29 is 9.59 Å². The van der Waals surface area contributed by atoms with Gasteiger partial charge in [0.25, 0.3) is 5.91 Å². The zero-order chi connectivity index (χ0) is 18.1. The molecule has 1 aromatic heterocycles. The van der Waals surface area contributed by atoms with E-state index in [-0.39, 0.29) is 11.8 Å². The molecule has 5 nitrogen and oxygen atoms in total. The number of para-hydroxylation sites is 1. The second kappa shape index (κ2) is 6.59. The topological polar surface area (TPSA) is 76.3 Å². The number of carbonyl (C=O) groups is 2. The Kier molecular flexibility index (Phi) is 4.13. The van der Waals surface area contributed by atoms with Crippen LogP contribution in [0.3, 0.4) is 0 Å². The van der Waals surface area contributed by atoms with Crippen molar-refractivity contribution in [1.82, 2.24) is 9.88 Å². The van der Waals surface area contributed by atoms with Gasteiger partial charge in [0.1, 0.15) is 0 Å². The smallest absolute Gasteiger partial charge is 0.253 e. The second-order valence-corrected chi connectivity index (χ2v) is 6.58. The lowest BCUT2D eigenvalue weighted by Gasteiger charge is -2.17. The number of carbonyl (C=O) groups excluding carboxylic acids is 2. The highest BCUT2D eigenvalue weighted by Gasteiger charge is 2.29. The van der Waals surface area contributed by atoms with Crippen LogP contribution in [0.2, 0.25) is 0 Å². The number of nitrogens with two attached hydrogens (primary N) is 1. The van der Waals surface area contributed by atoms with Gasteiger partial charge in [-0.1, -0.05) is 36.4 Å². The molecule has 0 bridgehead atoms. The van der Waals surface area contributed by atoms with Crippen molar-refractivity contribution in [2.24, 2.45) is 5.73 Å². The first-order valence-corrected chi connectivity index (χ1v) is 8.67. The van der Waals surface area contributed by atoms with E-state index >= 15 is 0 Å². The molecule has 2 amide bonds. The van der Waals surface area contributed by atoms with Gasteiger partial charge in [-0.25, -0.2) is 0 Å². The molecule has 4 rings (SSSR count). The lowest BCUT2D eigenvalue weighted by atomic mass is 9.99. The summed E-state index contributed by atoms with van der Waals surface area (Å²) in [6.45, 7) is 1.27. The van der Waals surface area contributed by atoms with Gasteiger partial charge in [-0.05, 0) is 30.7 Å². The summed E-state index contributed by atoms with van der Waals surface area (Å²) in [5.74, 6) is -0.325. The lowest BCUT2D eigenvalue weighted by molar-refractivity contribution is 0.0790. The third kappa shape index (κ3) is 2.92. The summed E-state index contributed by atoms with van der Waals surface area (Å²) in [7, 11) is 0. The van der Waals surface area contributed by atoms with Gasteiger partial charge in [-0.2, -0.15) is 0 Å². The van der Waals surface area contributed by atoms with Crippen LogP contribution in [-0.4, -0.2) is 34.8 Å². The van der Waals surface area contributed by atoms with E-state index in [1.807, 2.05) is 59.5 Å². The molecule has 0 saturated carbocycles. The highest BCUT2D eigenvalue weighted by atomic mass is 16.2. The molecule has 26 heavy (non-hydrogen) atoms. The van der Waals surface area contributed by atoms with E-state index in [1.165, 1.54) is 0 Å². The monoisotopic (exact) mass is 345 g/mol. The molecule has 3 aromatic rings. The normalized spacial score (nSPS) is 16.8. The summed E-state index contributed by atoms with van der Waals surface area (Å²) in [5, 5.41) is 0.763. The van der Waals surface area contributed by atoms with Crippen LogP contribution in [0.1, 0.15) is 38.7 Å². The molecule has 2 N–H and O–H groups in total. The highest BCUT2D eigenvalue weighted by molar-refractivity contribution is 6.05. The molecule has 1 aliphatic rings. The van der Waals surface area contributed by atoms with Crippen LogP contribution in [0.15, 0.2) is 60.7 Å². The number of primary amides is 1. The Bertz CT molecular complexity index is 985. The van der Waals surface area contributed by atoms with Gasteiger partial charge in [0, 0.05) is 35.7 Å². The van der Waals surface area contributed by atoms with E-state index in [4.69, 9.17) is 10.7 Å². The number of aromatic nitrogens is 1. The Hall–Kier alpha value is -3.21. The molecule has 0 spiro atoms. The van der Waals surface area contributed by atoms with Gasteiger partial charge in [0.05, 0.1) is 11.1 Å². The quantitative estimate of drug-likeness (QED) is 0.793. The zero-order valence-corrected chi connectivity index (χ0v) is 14.3. The standard InChI is InChI=1S/C21H19N3O2/c22-20(25)17-12-19(23-18-9-5-4-8-16(17)18)15-10-11-24(13-15)21(26)14-6-2-1-3-7-14/h1-9,12,15H,10-11,13H2,(H2,22,25). The van der Waals surface area contributed by atoms with E-state index in [9.17, 15) is 9.59 Å². The molecule has 1 aliphatic heterocycles. The number of rotatable bonds is 3. The van der Waals surface area contributed by atoms with Gasteiger partial charge >= 0.3 is 0 Å². The fraction of sp³-hybridized carbons (Fsp3) is 0.190. The van der Waals surface area contributed by atoms with Gasteiger partial charge in [0.2, 0.25) is 5.91 Å². The molecular weight excluding hydrogens is 326 g/mol. The third-order valence-corrected chi connectivity index (χ3v) is 4.92. The van der Waals surface area contributed by atoms with Gasteiger partial charge < -0.3 is 10.6 Å². The largest absolute Gasteiger partial charge is 0.366 e. The number of hydrogen-bond acceptors (Lipinski definition) is 3. The summed E-state index contributed by atoms with van der Waals surface area (Å²) < 4.78 is 0. The van der Waals surface area contributed by atoms with Crippen molar-refractivity contribution in [1.29, 1.82) is 0 Å². The van der Waals surface area contributed by atoms with E-state index < -0.39 is 5.91 Å². The fourth-order valence-electron chi connectivity index (χ4n) is 3.56. The third-order valence-electron chi connectivity index (χ3n) is 4.92. The predicted octanol–water partition coefficient (Wildman–Crippen LogP) is 2.96. The molecule has 1 atom stereocenters. The maximum absolute atomic E-state index is 12.6. The fourth-order valence-corrected chi connectivity index (χ4v) is 3.56.